The van der Waals surface area contributed by atoms with E-state index in [0.29, 0.717) is 17.1 Å². The van der Waals surface area contributed by atoms with Crippen molar-refractivity contribution < 1.29 is 18.7 Å². The Balaban J connectivity index is 1.68. The Morgan fingerprint density at radius 2 is 1.90 bits per heavy atom. The Hall–Kier alpha value is -3.67. The van der Waals surface area contributed by atoms with Crippen LogP contribution in [0.2, 0.25) is 0 Å². The molecular weight excluding hydrogens is 383 g/mol. The summed E-state index contributed by atoms with van der Waals surface area (Å²) < 4.78 is 25.2. The van der Waals surface area contributed by atoms with Gasteiger partial charge >= 0.3 is 0 Å². The first-order chi connectivity index (χ1) is 14.4. The summed E-state index contributed by atoms with van der Waals surface area (Å²) in [5, 5.41) is 2.95. The second-order valence-electron chi connectivity index (χ2n) is 7.13. The summed E-state index contributed by atoms with van der Waals surface area (Å²) in [6.07, 6.45) is 6.02. The molecule has 0 radical (unpaired) electrons. The van der Waals surface area contributed by atoms with Crippen LogP contribution in [0.4, 0.5) is 4.39 Å². The number of carbonyl (C=O) groups is 1. The second kappa shape index (κ2) is 9.22. The predicted molar refractivity (Wildman–Crippen MR) is 114 cm³/mol. The van der Waals surface area contributed by atoms with Gasteiger partial charge in [-0.15, -0.1) is 0 Å². The van der Waals surface area contributed by atoms with Crippen LogP contribution in [0.3, 0.4) is 0 Å². The van der Waals surface area contributed by atoms with Gasteiger partial charge in [-0.3, -0.25) is 9.78 Å². The van der Waals surface area contributed by atoms with Crippen molar-refractivity contribution in [2.75, 3.05) is 7.11 Å². The van der Waals surface area contributed by atoms with Gasteiger partial charge < -0.3 is 14.8 Å². The zero-order chi connectivity index (χ0) is 21.6. The van der Waals surface area contributed by atoms with E-state index in [9.17, 15) is 9.18 Å². The number of carbonyl (C=O) groups excluding carboxylic acids is 1. The summed E-state index contributed by atoms with van der Waals surface area (Å²) in [5.74, 6) is 0.385. The van der Waals surface area contributed by atoms with Crippen molar-refractivity contribution in [3.63, 3.8) is 0 Å². The molecule has 0 saturated heterocycles. The number of halogens is 1. The van der Waals surface area contributed by atoms with Gasteiger partial charge in [0.05, 0.1) is 18.8 Å². The number of rotatable bonds is 7. The van der Waals surface area contributed by atoms with E-state index >= 15 is 0 Å². The Bertz CT molecular complexity index is 1050. The molecule has 5 nitrogen and oxygen atoms in total. The molecule has 2 aromatic carbocycles. The van der Waals surface area contributed by atoms with Gasteiger partial charge in [-0.05, 0) is 55.8 Å². The molecule has 0 atom stereocenters. The number of nitrogens with one attached hydrogen (secondary N) is 1. The van der Waals surface area contributed by atoms with Crippen molar-refractivity contribution in [3.05, 3.63) is 90.0 Å². The maximum atomic E-state index is 14.3. The lowest BCUT2D eigenvalue weighted by molar-refractivity contribution is -0.118. The molecule has 30 heavy (non-hydrogen) atoms. The third kappa shape index (κ3) is 5.23. The minimum absolute atomic E-state index is 0.0851. The molecule has 6 heteroatoms. The number of hydrogen-bond acceptors (Lipinski definition) is 4. The summed E-state index contributed by atoms with van der Waals surface area (Å²) in [6, 6.07) is 15.4. The maximum Gasteiger partial charge on any atom is 0.244 e. The van der Waals surface area contributed by atoms with Gasteiger partial charge in [-0.2, -0.15) is 0 Å². The van der Waals surface area contributed by atoms with Gasteiger partial charge in [-0.1, -0.05) is 24.3 Å². The topological polar surface area (TPSA) is 60.5 Å². The number of hydrogen-bond donors (Lipinski definition) is 1. The molecule has 0 saturated carbocycles. The highest BCUT2D eigenvalue weighted by Gasteiger charge is 2.25. The zero-order valence-corrected chi connectivity index (χ0v) is 17.1. The highest BCUT2D eigenvalue weighted by atomic mass is 19.1. The predicted octanol–water partition coefficient (Wildman–Crippen LogP) is 5.09. The lowest BCUT2D eigenvalue weighted by atomic mass is 9.93. The van der Waals surface area contributed by atoms with Crippen molar-refractivity contribution in [3.8, 4) is 17.2 Å². The summed E-state index contributed by atoms with van der Waals surface area (Å²) in [5.41, 5.74) is 0.745. The van der Waals surface area contributed by atoms with Crippen molar-refractivity contribution in [1.29, 1.82) is 0 Å². The van der Waals surface area contributed by atoms with Gasteiger partial charge in [-0.25, -0.2) is 4.39 Å². The van der Waals surface area contributed by atoms with Crippen LogP contribution in [0.5, 0.6) is 17.2 Å². The minimum Gasteiger partial charge on any atom is -0.496 e. The summed E-state index contributed by atoms with van der Waals surface area (Å²) >= 11 is 0. The van der Waals surface area contributed by atoms with E-state index < -0.39 is 11.4 Å². The summed E-state index contributed by atoms with van der Waals surface area (Å²) in [4.78, 5) is 16.4. The Morgan fingerprint density at radius 1 is 1.10 bits per heavy atom. The quantitative estimate of drug-likeness (QED) is 0.556. The summed E-state index contributed by atoms with van der Waals surface area (Å²) in [6.45, 7) is 3.78. The van der Waals surface area contributed by atoms with Crippen LogP contribution >= 0.6 is 0 Å². The molecule has 0 spiro atoms. The molecule has 3 aromatic rings. The highest BCUT2D eigenvalue weighted by Crippen LogP contribution is 2.29. The monoisotopic (exact) mass is 406 g/mol. The molecule has 1 aromatic heterocycles. The second-order valence-corrected chi connectivity index (χ2v) is 7.13. The normalized spacial score (nSPS) is 11.3. The first-order valence-electron chi connectivity index (χ1n) is 9.40. The minimum atomic E-state index is -0.652. The Labute approximate surface area is 175 Å². The number of nitrogens with zero attached hydrogens (tertiary/aromatic N) is 1. The standard InChI is InChI=1S/C24H23FN2O3/c1-24(2,19-8-4-5-9-21(19)29-3)27-23(28)13-11-17-10-12-22(20(25)15-17)30-18-7-6-14-26-16-18/h4-16H,1-3H3,(H,27,28). The average Bonchev–Trinajstić information content (AvgIpc) is 2.74. The molecule has 0 aliphatic heterocycles. The fraction of sp³-hybridized carbons (Fsp3) is 0.167. The van der Waals surface area contributed by atoms with Crippen molar-refractivity contribution in [1.82, 2.24) is 10.3 Å². The van der Waals surface area contributed by atoms with Crippen LogP contribution in [0.1, 0.15) is 25.0 Å². The van der Waals surface area contributed by atoms with Crippen LogP contribution in [0, 0.1) is 5.82 Å². The van der Waals surface area contributed by atoms with Crippen LogP contribution < -0.4 is 14.8 Å². The SMILES string of the molecule is COc1ccccc1C(C)(C)NC(=O)C=Cc1ccc(Oc2cccnc2)c(F)c1. The van der Waals surface area contributed by atoms with E-state index in [1.54, 1.807) is 37.6 Å². The third-order valence-corrected chi connectivity index (χ3v) is 4.46. The van der Waals surface area contributed by atoms with Crippen molar-refractivity contribution in [2.45, 2.75) is 19.4 Å². The Morgan fingerprint density at radius 3 is 2.60 bits per heavy atom. The van der Waals surface area contributed by atoms with E-state index in [-0.39, 0.29) is 11.7 Å². The number of amides is 1. The lowest BCUT2D eigenvalue weighted by Crippen LogP contribution is -2.40. The molecule has 0 unspecified atom stereocenters. The van der Waals surface area contributed by atoms with Crippen LogP contribution in [0.15, 0.2) is 73.1 Å². The molecular formula is C24H23FN2O3. The number of para-hydroxylation sites is 1. The average molecular weight is 406 g/mol. The number of pyridine rings is 1. The highest BCUT2D eigenvalue weighted by molar-refractivity contribution is 5.92. The van der Waals surface area contributed by atoms with Crippen LogP contribution in [-0.4, -0.2) is 18.0 Å². The molecule has 1 amide bonds. The third-order valence-electron chi connectivity index (χ3n) is 4.46. The molecule has 0 aliphatic rings. The Kier molecular flexibility index (Phi) is 6.47. The lowest BCUT2D eigenvalue weighted by Gasteiger charge is -2.28. The number of aromatic nitrogens is 1. The van der Waals surface area contributed by atoms with Gasteiger partial charge in [0.2, 0.25) is 5.91 Å². The molecule has 0 bridgehead atoms. The first kappa shape index (κ1) is 21.0. The molecule has 1 N–H and O–H groups in total. The molecule has 0 fully saturated rings. The van der Waals surface area contributed by atoms with E-state index in [1.165, 1.54) is 24.4 Å². The molecule has 0 aliphatic carbocycles. The maximum absolute atomic E-state index is 14.3. The molecule has 154 valence electrons. The van der Waals surface area contributed by atoms with Crippen molar-refractivity contribution in [2.24, 2.45) is 0 Å². The van der Waals surface area contributed by atoms with E-state index in [4.69, 9.17) is 9.47 Å². The molecule has 1 heterocycles. The number of benzene rings is 2. The smallest absolute Gasteiger partial charge is 0.244 e. The number of ether oxygens (including phenoxy) is 2. The van der Waals surface area contributed by atoms with Gasteiger partial charge in [0.25, 0.3) is 0 Å². The fourth-order valence-electron chi connectivity index (χ4n) is 2.99. The van der Waals surface area contributed by atoms with Crippen LogP contribution in [-0.2, 0) is 10.3 Å². The molecule has 3 rings (SSSR count). The largest absolute Gasteiger partial charge is 0.496 e. The zero-order valence-electron chi connectivity index (χ0n) is 17.1. The van der Waals surface area contributed by atoms with Gasteiger partial charge in [0.1, 0.15) is 11.5 Å². The summed E-state index contributed by atoms with van der Waals surface area (Å²) in [7, 11) is 1.59. The van der Waals surface area contributed by atoms with Gasteiger partial charge in [0.15, 0.2) is 11.6 Å². The fourth-order valence-corrected chi connectivity index (χ4v) is 2.99. The van der Waals surface area contributed by atoms with Gasteiger partial charge in [0, 0.05) is 17.8 Å². The van der Waals surface area contributed by atoms with Crippen LogP contribution in [0.25, 0.3) is 6.08 Å². The van der Waals surface area contributed by atoms with Crippen molar-refractivity contribution >= 4 is 12.0 Å². The van der Waals surface area contributed by atoms with E-state index in [2.05, 4.69) is 10.3 Å². The van der Waals surface area contributed by atoms with E-state index in [0.717, 1.165) is 5.56 Å². The number of methoxy groups -OCH3 is 1. The first-order valence-corrected chi connectivity index (χ1v) is 9.40. The van der Waals surface area contributed by atoms with E-state index in [1.807, 2.05) is 38.1 Å².